The molecule has 0 aromatic carbocycles. The molecule has 0 saturated carbocycles. The van der Waals surface area contributed by atoms with Gasteiger partial charge < -0.3 is 32.2 Å². The summed E-state index contributed by atoms with van der Waals surface area (Å²) in [6, 6.07) is -2.01. The average molecular weight is 354 g/mol. The van der Waals surface area contributed by atoms with Crippen LogP contribution in [0, 0.1) is 6.92 Å². The van der Waals surface area contributed by atoms with Gasteiger partial charge in [0, 0.05) is 12.1 Å². The highest BCUT2D eigenvalue weighted by molar-refractivity contribution is 5.91. The van der Waals surface area contributed by atoms with E-state index in [2.05, 4.69) is 20.6 Å². The molecule has 1 aromatic heterocycles. The number of carbonyl (C=O) groups excluding carboxylic acids is 2. The molecular weight excluding hydrogens is 328 g/mol. The quantitative estimate of drug-likeness (QED) is 0.259. The molecular formula is C15H26N6O4. The lowest BCUT2D eigenvalue weighted by Crippen LogP contribution is -2.53. The molecule has 10 heteroatoms. The Morgan fingerprint density at radius 2 is 1.96 bits per heavy atom. The predicted octanol–water partition coefficient (Wildman–Crippen LogP) is -1.60. The van der Waals surface area contributed by atoms with Gasteiger partial charge in [-0.3, -0.25) is 9.59 Å². The van der Waals surface area contributed by atoms with Crippen LogP contribution < -0.4 is 22.1 Å². The van der Waals surface area contributed by atoms with Crippen molar-refractivity contribution in [3.05, 3.63) is 17.7 Å². The molecule has 8 N–H and O–H groups in total. The normalized spacial score (nSPS) is 13.1. The summed E-state index contributed by atoms with van der Waals surface area (Å²) in [7, 11) is 0. The topological polar surface area (TPSA) is 176 Å². The van der Waals surface area contributed by atoms with Crippen LogP contribution in [0.25, 0.3) is 0 Å². The highest BCUT2D eigenvalue weighted by atomic mass is 16.4. The summed E-state index contributed by atoms with van der Waals surface area (Å²) in [4.78, 5) is 42.4. The summed E-state index contributed by atoms with van der Waals surface area (Å²) in [6.07, 6.45) is 3.11. The van der Waals surface area contributed by atoms with E-state index in [0.29, 0.717) is 25.1 Å². The van der Waals surface area contributed by atoms with E-state index in [4.69, 9.17) is 11.5 Å². The minimum Gasteiger partial charge on any atom is -0.480 e. The van der Waals surface area contributed by atoms with Crippen LogP contribution in [-0.2, 0) is 20.8 Å². The lowest BCUT2D eigenvalue weighted by atomic mass is 10.1. The van der Waals surface area contributed by atoms with Gasteiger partial charge in [0.1, 0.15) is 12.1 Å². The van der Waals surface area contributed by atoms with E-state index in [1.54, 1.807) is 6.92 Å². The smallest absolute Gasteiger partial charge is 0.326 e. The van der Waals surface area contributed by atoms with Gasteiger partial charge in [0.25, 0.3) is 0 Å². The van der Waals surface area contributed by atoms with Crippen LogP contribution in [0.2, 0.25) is 0 Å². The fourth-order valence-electron chi connectivity index (χ4n) is 2.27. The van der Waals surface area contributed by atoms with Gasteiger partial charge in [0.15, 0.2) is 0 Å². The van der Waals surface area contributed by atoms with Crippen molar-refractivity contribution in [1.29, 1.82) is 0 Å². The number of H-pyrrole nitrogens is 1. The van der Waals surface area contributed by atoms with Crippen molar-refractivity contribution < 1.29 is 19.5 Å². The van der Waals surface area contributed by atoms with Crippen molar-refractivity contribution in [3.63, 3.8) is 0 Å². The lowest BCUT2D eigenvalue weighted by Gasteiger charge is -2.21. The van der Waals surface area contributed by atoms with Crippen molar-refractivity contribution in [1.82, 2.24) is 20.6 Å². The van der Waals surface area contributed by atoms with Crippen LogP contribution in [0.3, 0.4) is 0 Å². The standard InChI is InChI=1S/C15H26N6O4/c1-9-11(19-8-18-9)6-12(20-13(22)7-17)14(23)21-10(15(24)25)4-2-3-5-16/h8,10,12H,2-7,16-17H2,1H3,(H,18,19)(H,20,22)(H,21,23)(H,24,25)/t10-,12-/m0/s1. The number of aryl methyl sites for hydroxylation is 1. The number of nitrogens with two attached hydrogens (primary N) is 2. The Morgan fingerprint density at radius 1 is 1.24 bits per heavy atom. The van der Waals surface area contributed by atoms with Crippen molar-refractivity contribution in [2.45, 2.75) is 44.7 Å². The summed E-state index contributed by atoms with van der Waals surface area (Å²) in [5.41, 5.74) is 12.0. The van der Waals surface area contributed by atoms with Crippen molar-refractivity contribution in [2.24, 2.45) is 11.5 Å². The van der Waals surface area contributed by atoms with Crippen molar-refractivity contribution >= 4 is 17.8 Å². The number of hydrogen-bond donors (Lipinski definition) is 6. The summed E-state index contributed by atoms with van der Waals surface area (Å²) in [5, 5.41) is 14.2. The third-order valence-corrected chi connectivity index (χ3v) is 3.73. The number of aromatic amines is 1. The van der Waals surface area contributed by atoms with E-state index in [9.17, 15) is 19.5 Å². The molecule has 140 valence electrons. The number of aliphatic carboxylic acids is 1. The van der Waals surface area contributed by atoms with Crippen molar-refractivity contribution in [3.8, 4) is 0 Å². The van der Waals surface area contributed by atoms with Crippen LogP contribution in [0.15, 0.2) is 6.33 Å². The Morgan fingerprint density at radius 3 is 2.48 bits per heavy atom. The largest absolute Gasteiger partial charge is 0.480 e. The van der Waals surface area contributed by atoms with Crippen LogP contribution in [0.4, 0.5) is 0 Å². The molecule has 10 nitrogen and oxygen atoms in total. The molecule has 0 saturated heterocycles. The zero-order valence-electron chi connectivity index (χ0n) is 14.2. The number of rotatable bonds is 11. The Kier molecular flexibility index (Phi) is 8.57. The molecule has 1 rings (SSSR count). The molecule has 1 aromatic rings. The average Bonchev–Trinajstić information content (AvgIpc) is 2.97. The first-order valence-corrected chi connectivity index (χ1v) is 8.10. The van der Waals surface area contributed by atoms with Gasteiger partial charge in [-0.05, 0) is 32.7 Å². The van der Waals surface area contributed by atoms with Crippen LogP contribution in [0.1, 0.15) is 30.7 Å². The molecule has 1 heterocycles. The second-order valence-corrected chi connectivity index (χ2v) is 5.69. The van der Waals surface area contributed by atoms with Gasteiger partial charge in [-0.25, -0.2) is 9.78 Å². The first kappa shape index (κ1) is 20.6. The van der Waals surface area contributed by atoms with Gasteiger partial charge in [0.05, 0.1) is 18.6 Å². The van der Waals surface area contributed by atoms with Gasteiger partial charge in [-0.1, -0.05) is 0 Å². The van der Waals surface area contributed by atoms with E-state index in [1.165, 1.54) is 6.33 Å². The van der Waals surface area contributed by atoms with E-state index < -0.39 is 29.9 Å². The van der Waals surface area contributed by atoms with Gasteiger partial charge in [-0.2, -0.15) is 0 Å². The van der Waals surface area contributed by atoms with Crippen LogP contribution in [-0.4, -0.2) is 58.0 Å². The number of hydrogen-bond acceptors (Lipinski definition) is 6. The van der Waals surface area contributed by atoms with Crippen LogP contribution in [0.5, 0.6) is 0 Å². The number of carboxylic acids is 1. The molecule has 0 fully saturated rings. The number of aromatic nitrogens is 2. The zero-order chi connectivity index (χ0) is 18.8. The molecule has 0 aliphatic rings. The summed E-state index contributed by atoms with van der Waals surface area (Å²) in [6.45, 7) is 1.96. The minimum atomic E-state index is -1.13. The Bertz CT molecular complexity index is 588. The van der Waals surface area contributed by atoms with E-state index >= 15 is 0 Å². The fourth-order valence-corrected chi connectivity index (χ4v) is 2.27. The molecule has 0 aliphatic carbocycles. The number of amides is 2. The Balaban J connectivity index is 2.80. The fraction of sp³-hybridized carbons (Fsp3) is 0.600. The van der Waals surface area contributed by atoms with E-state index in [0.717, 1.165) is 5.69 Å². The highest BCUT2D eigenvalue weighted by Gasteiger charge is 2.27. The first-order valence-electron chi connectivity index (χ1n) is 8.10. The molecule has 2 atom stereocenters. The summed E-state index contributed by atoms with van der Waals surface area (Å²) in [5.74, 6) is -2.24. The third-order valence-electron chi connectivity index (χ3n) is 3.73. The lowest BCUT2D eigenvalue weighted by molar-refractivity contribution is -0.142. The monoisotopic (exact) mass is 354 g/mol. The SMILES string of the molecule is Cc1[nH]cnc1C[C@H](NC(=O)CN)C(=O)N[C@@H](CCCCN)C(=O)O. The number of nitrogens with one attached hydrogen (secondary N) is 3. The zero-order valence-corrected chi connectivity index (χ0v) is 14.2. The number of imidazole rings is 1. The summed E-state index contributed by atoms with van der Waals surface area (Å²) >= 11 is 0. The number of unbranched alkanes of at least 4 members (excludes halogenated alkanes) is 1. The van der Waals surface area contributed by atoms with E-state index in [1.807, 2.05) is 0 Å². The first-order chi connectivity index (χ1) is 11.9. The maximum Gasteiger partial charge on any atom is 0.326 e. The summed E-state index contributed by atoms with van der Waals surface area (Å²) < 4.78 is 0. The molecule has 0 aliphatic heterocycles. The van der Waals surface area contributed by atoms with Crippen LogP contribution >= 0.6 is 0 Å². The van der Waals surface area contributed by atoms with Gasteiger partial charge in [-0.15, -0.1) is 0 Å². The Hall–Kier alpha value is -2.46. The number of carboxylic acid groups (broad SMARTS) is 1. The second kappa shape index (κ2) is 10.4. The molecule has 0 unspecified atom stereocenters. The molecule has 0 radical (unpaired) electrons. The minimum absolute atomic E-state index is 0.127. The van der Waals surface area contributed by atoms with Crippen molar-refractivity contribution in [2.75, 3.05) is 13.1 Å². The molecule has 0 spiro atoms. The third kappa shape index (κ3) is 6.89. The number of carbonyl (C=O) groups is 3. The molecule has 25 heavy (non-hydrogen) atoms. The number of nitrogens with zero attached hydrogens (tertiary/aromatic N) is 1. The predicted molar refractivity (Wildman–Crippen MR) is 90.5 cm³/mol. The van der Waals surface area contributed by atoms with Gasteiger partial charge in [0.2, 0.25) is 11.8 Å². The molecule has 0 bridgehead atoms. The second-order valence-electron chi connectivity index (χ2n) is 5.69. The Labute approximate surface area is 145 Å². The van der Waals surface area contributed by atoms with E-state index in [-0.39, 0.29) is 19.4 Å². The maximum atomic E-state index is 12.5. The maximum absolute atomic E-state index is 12.5. The highest BCUT2D eigenvalue weighted by Crippen LogP contribution is 2.07. The molecule has 2 amide bonds. The van der Waals surface area contributed by atoms with Gasteiger partial charge >= 0.3 is 5.97 Å².